The third-order valence-corrected chi connectivity index (χ3v) is 4.20. The van der Waals surface area contributed by atoms with Crippen LogP contribution in [0.3, 0.4) is 0 Å². The Balaban J connectivity index is 2.09. The molecule has 18 heavy (non-hydrogen) atoms. The van der Waals surface area contributed by atoms with Crippen molar-refractivity contribution >= 4 is 27.5 Å². The normalized spacial score (nSPS) is 12.6. The molecule has 0 bridgehead atoms. The van der Waals surface area contributed by atoms with Gasteiger partial charge < -0.3 is 5.73 Å². The molecule has 2 N–H and O–H groups in total. The highest BCUT2D eigenvalue weighted by Crippen LogP contribution is 2.23. The van der Waals surface area contributed by atoms with Crippen molar-refractivity contribution in [1.29, 1.82) is 0 Å². The third-order valence-electron chi connectivity index (χ3n) is 2.78. The van der Waals surface area contributed by atoms with Crippen molar-refractivity contribution in [2.45, 2.75) is 32.2 Å². The lowest BCUT2D eigenvalue weighted by Crippen LogP contribution is -2.13. The van der Waals surface area contributed by atoms with E-state index < -0.39 is 0 Å². The van der Waals surface area contributed by atoms with Gasteiger partial charge >= 0.3 is 0 Å². The molecule has 0 radical (unpaired) electrons. The van der Waals surface area contributed by atoms with E-state index in [4.69, 9.17) is 5.73 Å². The standard InChI is InChI=1S/C13H16BrN3S/c1-2-3-12-13(18-17-16-12)11(15)8-9-4-6-10(14)7-5-9/h4-7,11H,2-3,8,15H2,1H3. The van der Waals surface area contributed by atoms with E-state index in [2.05, 4.69) is 44.6 Å². The molecule has 1 aromatic heterocycles. The van der Waals surface area contributed by atoms with E-state index in [0.29, 0.717) is 0 Å². The molecule has 0 aliphatic heterocycles. The molecule has 0 saturated carbocycles. The van der Waals surface area contributed by atoms with Crippen LogP contribution in [0, 0.1) is 0 Å². The molecule has 1 heterocycles. The van der Waals surface area contributed by atoms with Crippen LogP contribution in [0.4, 0.5) is 0 Å². The summed E-state index contributed by atoms with van der Waals surface area (Å²) in [6.45, 7) is 2.14. The van der Waals surface area contributed by atoms with Crippen molar-refractivity contribution in [2.24, 2.45) is 5.73 Å². The molecule has 1 aromatic carbocycles. The molecular weight excluding hydrogens is 310 g/mol. The van der Waals surface area contributed by atoms with Gasteiger partial charge in [-0.2, -0.15) is 0 Å². The summed E-state index contributed by atoms with van der Waals surface area (Å²) in [7, 11) is 0. The van der Waals surface area contributed by atoms with Gasteiger partial charge in [0.2, 0.25) is 0 Å². The highest BCUT2D eigenvalue weighted by molar-refractivity contribution is 9.10. The Morgan fingerprint density at radius 3 is 2.72 bits per heavy atom. The first-order valence-electron chi connectivity index (χ1n) is 6.02. The van der Waals surface area contributed by atoms with Crippen molar-refractivity contribution in [3.63, 3.8) is 0 Å². The van der Waals surface area contributed by atoms with Gasteiger partial charge in [-0.25, -0.2) is 0 Å². The number of nitrogens with two attached hydrogens (primary N) is 1. The first-order chi connectivity index (χ1) is 8.70. The molecule has 2 aromatic rings. The summed E-state index contributed by atoms with van der Waals surface area (Å²) < 4.78 is 5.11. The third kappa shape index (κ3) is 3.37. The second-order valence-corrected chi connectivity index (χ2v) is 5.97. The number of rotatable bonds is 5. The molecule has 5 heteroatoms. The minimum Gasteiger partial charge on any atom is -0.323 e. The monoisotopic (exact) mass is 325 g/mol. The Kier molecular flexibility index (Phi) is 4.86. The zero-order valence-corrected chi connectivity index (χ0v) is 12.7. The van der Waals surface area contributed by atoms with E-state index >= 15 is 0 Å². The highest BCUT2D eigenvalue weighted by atomic mass is 79.9. The van der Waals surface area contributed by atoms with E-state index in [1.165, 1.54) is 17.1 Å². The van der Waals surface area contributed by atoms with E-state index in [-0.39, 0.29) is 6.04 Å². The highest BCUT2D eigenvalue weighted by Gasteiger charge is 2.15. The van der Waals surface area contributed by atoms with Crippen molar-refractivity contribution in [3.05, 3.63) is 44.9 Å². The van der Waals surface area contributed by atoms with Gasteiger partial charge in [-0.05, 0) is 42.1 Å². The van der Waals surface area contributed by atoms with E-state index in [9.17, 15) is 0 Å². The van der Waals surface area contributed by atoms with Crippen molar-refractivity contribution < 1.29 is 0 Å². The Hall–Kier alpha value is -0.780. The molecule has 0 aliphatic carbocycles. The topological polar surface area (TPSA) is 51.8 Å². The lowest BCUT2D eigenvalue weighted by molar-refractivity contribution is 0.715. The maximum absolute atomic E-state index is 6.26. The van der Waals surface area contributed by atoms with Crippen molar-refractivity contribution in [3.8, 4) is 0 Å². The second kappa shape index (κ2) is 6.41. The van der Waals surface area contributed by atoms with Gasteiger partial charge in [-0.15, -0.1) is 5.10 Å². The summed E-state index contributed by atoms with van der Waals surface area (Å²) in [6, 6.07) is 8.27. The number of nitrogens with zero attached hydrogens (tertiary/aromatic N) is 2. The van der Waals surface area contributed by atoms with Gasteiger partial charge in [0.05, 0.1) is 10.6 Å². The lowest BCUT2D eigenvalue weighted by Gasteiger charge is -2.10. The van der Waals surface area contributed by atoms with Crippen molar-refractivity contribution in [2.75, 3.05) is 0 Å². The zero-order valence-electron chi connectivity index (χ0n) is 10.3. The summed E-state index contributed by atoms with van der Waals surface area (Å²) >= 11 is 4.86. The van der Waals surface area contributed by atoms with Gasteiger partial charge in [0.25, 0.3) is 0 Å². The maximum atomic E-state index is 6.26. The molecule has 3 nitrogen and oxygen atoms in total. The Labute approximate surface area is 120 Å². The second-order valence-electron chi connectivity index (χ2n) is 4.27. The average Bonchev–Trinajstić information content (AvgIpc) is 2.81. The van der Waals surface area contributed by atoms with E-state index in [0.717, 1.165) is 34.3 Å². The first kappa shape index (κ1) is 13.6. The Bertz CT molecular complexity index is 495. The molecule has 1 atom stereocenters. The minimum absolute atomic E-state index is 0.00674. The van der Waals surface area contributed by atoms with E-state index in [1.54, 1.807) is 0 Å². The minimum atomic E-state index is -0.00674. The SMILES string of the molecule is CCCc1nnsc1C(N)Cc1ccc(Br)cc1. The summed E-state index contributed by atoms with van der Waals surface area (Å²) in [5, 5.41) is 4.16. The summed E-state index contributed by atoms with van der Waals surface area (Å²) in [6.07, 6.45) is 2.86. The predicted octanol–water partition coefficient (Wildman–Crippen LogP) is 3.50. The fourth-order valence-electron chi connectivity index (χ4n) is 1.87. The average molecular weight is 326 g/mol. The number of aromatic nitrogens is 2. The molecule has 0 fully saturated rings. The number of hydrogen-bond acceptors (Lipinski definition) is 4. The largest absolute Gasteiger partial charge is 0.323 e. The van der Waals surface area contributed by atoms with Gasteiger partial charge in [-0.3, -0.25) is 0 Å². The lowest BCUT2D eigenvalue weighted by atomic mass is 10.0. The molecule has 0 aliphatic rings. The Morgan fingerprint density at radius 2 is 2.06 bits per heavy atom. The molecular formula is C13H16BrN3S. The molecule has 1 unspecified atom stereocenters. The number of aryl methyl sites for hydroxylation is 1. The first-order valence-corrected chi connectivity index (χ1v) is 7.58. The van der Waals surface area contributed by atoms with Crippen LogP contribution < -0.4 is 5.73 Å². The zero-order chi connectivity index (χ0) is 13.0. The molecule has 2 rings (SSSR count). The number of hydrogen-bond donors (Lipinski definition) is 1. The smallest absolute Gasteiger partial charge is 0.0803 e. The van der Waals surface area contributed by atoms with Gasteiger partial charge in [0.15, 0.2) is 0 Å². The Morgan fingerprint density at radius 1 is 1.33 bits per heavy atom. The summed E-state index contributed by atoms with van der Waals surface area (Å²) in [5.74, 6) is 0. The van der Waals surface area contributed by atoms with Crippen LogP contribution in [0.5, 0.6) is 0 Å². The predicted molar refractivity (Wildman–Crippen MR) is 78.7 cm³/mol. The van der Waals surface area contributed by atoms with Gasteiger partial charge in [0.1, 0.15) is 0 Å². The van der Waals surface area contributed by atoms with Crippen LogP contribution in [0.25, 0.3) is 0 Å². The van der Waals surface area contributed by atoms with E-state index in [1.807, 2.05) is 12.1 Å². The fourth-order valence-corrected chi connectivity index (χ4v) is 2.83. The molecule has 0 saturated heterocycles. The van der Waals surface area contributed by atoms with Gasteiger partial charge in [-0.1, -0.05) is 45.9 Å². The van der Waals surface area contributed by atoms with Crippen LogP contribution in [0.15, 0.2) is 28.7 Å². The summed E-state index contributed by atoms with van der Waals surface area (Å²) in [5.41, 5.74) is 8.56. The molecule has 0 spiro atoms. The molecule has 96 valence electrons. The van der Waals surface area contributed by atoms with Gasteiger partial charge in [0, 0.05) is 10.5 Å². The quantitative estimate of drug-likeness (QED) is 0.915. The summed E-state index contributed by atoms with van der Waals surface area (Å²) in [4.78, 5) is 1.12. The van der Waals surface area contributed by atoms with Crippen LogP contribution in [-0.4, -0.2) is 9.59 Å². The maximum Gasteiger partial charge on any atom is 0.0803 e. The number of halogens is 1. The number of benzene rings is 1. The molecule has 0 amide bonds. The van der Waals surface area contributed by atoms with Crippen LogP contribution >= 0.6 is 27.5 Å². The van der Waals surface area contributed by atoms with Crippen LogP contribution in [0.1, 0.15) is 35.5 Å². The van der Waals surface area contributed by atoms with Crippen LogP contribution in [-0.2, 0) is 12.8 Å². The fraction of sp³-hybridized carbons (Fsp3) is 0.385. The van der Waals surface area contributed by atoms with Crippen LogP contribution in [0.2, 0.25) is 0 Å². The van der Waals surface area contributed by atoms with Crippen molar-refractivity contribution in [1.82, 2.24) is 9.59 Å².